The third kappa shape index (κ3) is 13.6. The molecule has 1 aromatic heterocycles. The lowest BCUT2D eigenvalue weighted by Crippen LogP contribution is -2.54. The molecule has 75 heavy (non-hydrogen) atoms. The van der Waals surface area contributed by atoms with Crippen LogP contribution in [-0.4, -0.2) is 144 Å². The van der Waals surface area contributed by atoms with Crippen LogP contribution in [0.4, 0.5) is 5.69 Å². The van der Waals surface area contributed by atoms with Crippen molar-refractivity contribution in [3.05, 3.63) is 94.4 Å². The van der Waals surface area contributed by atoms with E-state index in [-0.39, 0.29) is 70.0 Å². The van der Waals surface area contributed by atoms with Gasteiger partial charge in [0.1, 0.15) is 23.3 Å². The highest BCUT2D eigenvalue weighted by atomic mass is 32.2. The first-order valence-electron chi connectivity index (χ1n) is 23.7. The number of amides is 6. The number of rotatable bonds is 28. The quantitative estimate of drug-likeness (QED) is 0.0413. The number of benzene rings is 4. The van der Waals surface area contributed by atoms with Crippen LogP contribution >= 0.6 is 0 Å². The van der Waals surface area contributed by atoms with Crippen molar-refractivity contribution in [2.45, 2.75) is 36.6 Å². The molecule has 0 aliphatic carbocycles. The summed E-state index contributed by atoms with van der Waals surface area (Å²) >= 11 is 0. The van der Waals surface area contributed by atoms with Gasteiger partial charge in [0.25, 0.3) is 33.7 Å². The number of aryl methyl sites for hydroxylation is 2. The molecule has 1 saturated heterocycles. The van der Waals surface area contributed by atoms with Crippen molar-refractivity contribution >= 4 is 62.2 Å². The fraction of sp³-hybridized carbons (Fsp3) is 0.380. The fourth-order valence-corrected chi connectivity index (χ4v) is 9.03. The van der Waals surface area contributed by atoms with E-state index < -0.39 is 52.2 Å². The Hall–Kier alpha value is -8.00. The largest absolute Gasteiger partial charge is 0.493 e. The molecule has 1 unspecified atom stereocenters. The second-order valence-corrected chi connectivity index (χ2v) is 18.6. The number of ether oxygens (including phenoxy) is 8. The van der Waals surface area contributed by atoms with E-state index in [9.17, 15) is 42.0 Å². The molecule has 0 saturated carbocycles. The molecular weight excluding hydrogens is 1000 g/mol. The molecule has 1 atom stereocenters. The highest BCUT2D eigenvalue weighted by Gasteiger charge is 2.46. The van der Waals surface area contributed by atoms with Gasteiger partial charge in [0.05, 0.1) is 73.4 Å². The number of hydrogen-bond donors (Lipinski definition) is 4. The number of imidazole rings is 1. The Balaban J connectivity index is 0.722. The normalized spacial score (nSPS) is 14.3. The molecule has 25 heteroatoms. The van der Waals surface area contributed by atoms with E-state index >= 15 is 0 Å². The summed E-state index contributed by atoms with van der Waals surface area (Å²) in [5.41, 5.74) is 0.724. The van der Waals surface area contributed by atoms with Gasteiger partial charge in [-0.2, -0.15) is 0 Å². The first kappa shape index (κ1) is 54.8. The van der Waals surface area contributed by atoms with E-state index in [0.29, 0.717) is 93.9 Å². The number of imide groups is 2. The minimum atomic E-state index is -4.19. The number of carbonyl (C=O) groups is 6. The number of anilines is 1. The number of piperidine rings is 1. The lowest BCUT2D eigenvalue weighted by Gasteiger charge is -2.27. The second kappa shape index (κ2) is 25.3. The number of sulfonamides is 1. The van der Waals surface area contributed by atoms with Gasteiger partial charge in [-0.3, -0.25) is 52.8 Å². The van der Waals surface area contributed by atoms with Crippen molar-refractivity contribution in [1.82, 2.24) is 30.0 Å². The molecule has 0 spiro atoms. The highest BCUT2D eigenvalue weighted by molar-refractivity contribution is 7.92. The van der Waals surface area contributed by atoms with Crippen LogP contribution in [0.5, 0.6) is 34.5 Å². The van der Waals surface area contributed by atoms with Crippen LogP contribution in [0.25, 0.3) is 11.0 Å². The number of aromatic nitrogens is 2. The first-order valence-corrected chi connectivity index (χ1v) is 25.2. The predicted octanol–water partition coefficient (Wildman–Crippen LogP) is 2.41. The molecule has 2 aliphatic rings. The van der Waals surface area contributed by atoms with Crippen LogP contribution in [0.1, 0.15) is 46.4 Å². The Morgan fingerprint density at radius 3 is 1.89 bits per heavy atom. The molecule has 4 N–H and O–H groups in total. The average molecular weight is 1060 g/mol. The third-order valence-corrected chi connectivity index (χ3v) is 13.2. The summed E-state index contributed by atoms with van der Waals surface area (Å²) in [6.07, 6.45) is 1.08. The highest BCUT2D eigenvalue weighted by Crippen LogP contribution is 2.37. The Morgan fingerprint density at radius 1 is 0.667 bits per heavy atom. The van der Waals surface area contributed by atoms with Crippen molar-refractivity contribution in [3.63, 3.8) is 0 Å². The van der Waals surface area contributed by atoms with Crippen molar-refractivity contribution < 1.29 is 75.1 Å². The van der Waals surface area contributed by atoms with E-state index in [4.69, 9.17) is 37.9 Å². The number of hydrogen-bond acceptors (Lipinski definition) is 17. The van der Waals surface area contributed by atoms with E-state index in [1.807, 2.05) is 0 Å². The van der Waals surface area contributed by atoms with Gasteiger partial charge in [0, 0.05) is 59.0 Å². The molecule has 7 rings (SSSR count). The summed E-state index contributed by atoms with van der Waals surface area (Å²) in [5.74, 6) is -1.98. The van der Waals surface area contributed by atoms with Crippen molar-refractivity contribution in [2.75, 3.05) is 84.9 Å². The second-order valence-electron chi connectivity index (χ2n) is 16.9. The van der Waals surface area contributed by atoms with Gasteiger partial charge in [-0.15, -0.1) is 0 Å². The molecule has 0 bridgehead atoms. The molecule has 4 aromatic carbocycles. The molecule has 3 heterocycles. The molecule has 6 amide bonds. The lowest BCUT2D eigenvalue weighted by atomic mass is 10.0. The molecule has 2 aliphatic heterocycles. The third-order valence-electron chi connectivity index (χ3n) is 11.8. The topological polar surface area (TPSA) is 289 Å². The molecule has 0 radical (unpaired) electrons. The van der Waals surface area contributed by atoms with Crippen LogP contribution in [0, 0.1) is 0 Å². The minimum Gasteiger partial charge on any atom is -0.493 e. The first-order chi connectivity index (χ1) is 36.1. The zero-order valence-corrected chi connectivity index (χ0v) is 42.4. The summed E-state index contributed by atoms with van der Waals surface area (Å²) < 4.78 is 77.2. The molecule has 24 nitrogen and oxygen atoms in total. The monoisotopic (exact) mass is 1060 g/mol. The van der Waals surface area contributed by atoms with E-state index in [0.717, 1.165) is 4.90 Å². The smallest absolute Gasteiger partial charge is 0.328 e. The zero-order chi connectivity index (χ0) is 53.6. The Kier molecular flexibility index (Phi) is 18.5. The van der Waals surface area contributed by atoms with Crippen LogP contribution in [0.15, 0.2) is 82.5 Å². The average Bonchev–Trinajstić information content (AvgIpc) is 3.78. The van der Waals surface area contributed by atoms with Crippen LogP contribution in [0.3, 0.4) is 0 Å². The summed E-state index contributed by atoms with van der Waals surface area (Å²) in [6.45, 7) is 2.09. The van der Waals surface area contributed by atoms with Crippen molar-refractivity contribution in [1.29, 1.82) is 0 Å². The summed E-state index contributed by atoms with van der Waals surface area (Å²) in [6, 6.07) is 16.9. The predicted molar refractivity (Wildman–Crippen MR) is 267 cm³/mol. The summed E-state index contributed by atoms with van der Waals surface area (Å²) in [4.78, 5) is 88.5. The molecular formula is C50H57N7O17S. The van der Waals surface area contributed by atoms with Gasteiger partial charge >= 0.3 is 5.69 Å². The number of nitrogens with one attached hydrogen (secondary N) is 4. The number of methoxy groups -OCH3 is 2. The molecule has 5 aromatic rings. The van der Waals surface area contributed by atoms with Crippen LogP contribution in [-0.2, 0) is 57.5 Å². The van der Waals surface area contributed by atoms with Crippen molar-refractivity contribution in [3.8, 4) is 34.5 Å². The van der Waals surface area contributed by atoms with E-state index in [1.165, 1.54) is 65.8 Å². The van der Waals surface area contributed by atoms with Gasteiger partial charge in [-0.1, -0.05) is 6.07 Å². The Morgan fingerprint density at radius 2 is 1.27 bits per heavy atom. The molecule has 1 fully saturated rings. The maximum Gasteiger partial charge on any atom is 0.328 e. The number of nitrogens with zero attached hydrogens (tertiary/aromatic N) is 3. The number of fused-ring (bicyclic) bond motifs is 2. The maximum absolute atomic E-state index is 13.6. The van der Waals surface area contributed by atoms with Crippen LogP contribution in [0.2, 0.25) is 0 Å². The standard InChI is InChI=1S/C50H57N7O17S/c1-55-37-27-35(54-75(65,66)33-14-16-39(67-3)42(26-33)68-4)41(28-38(37)56(2)50(55)64)74-32-12-10-31(11-13-32)72-29-44(59)51-18-6-20-69-22-24-71-25-23-70-21-7-19-52-45(60)30-73-40-9-5-8-34-46(40)49(63)57(48(34)62)36-15-17-43(58)53-47(36)61/h5,8-14,16,26-28,36,54H,6-7,15,17-25,29-30H2,1-4H3,(H,51,59)(H,52,60)(H,53,58,61). The SMILES string of the molecule is COc1ccc(S(=O)(=O)Nc2cc3c(cc2Oc2ccc(OCC(=O)NCCCOCCOCCOCCCNC(=O)COc4cccc5c4C(=O)N(C4CCC(=O)NC4=O)C5=O)cc2)n(C)c(=O)n3C)cc1OC. The number of carbonyl (C=O) groups excluding carboxylic acids is 6. The Labute approximate surface area is 430 Å². The van der Waals surface area contributed by atoms with Gasteiger partial charge < -0.3 is 48.5 Å². The van der Waals surface area contributed by atoms with Crippen molar-refractivity contribution in [2.24, 2.45) is 14.1 Å². The molecule has 400 valence electrons. The van der Waals surface area contributed by atoms with Gasteiger partial charge in [0.15, 0.2) is 30.5 Å². The van der Waals surface area contributed by atoms with Gasteiger partial charge in [-0.05, 0) is 73.9 Å². The van der Waals surface area contributed by atoms with E-state index in [2.05, 4.69) is 20.7 Å². The van der Waals surface area contributed by atoms with Gasteiger partial charge in [0.2, 0.25) is 11.8 Å². The van der Waals surface area contributed by atoms with E-state index in [1.54, 1.807) is 44.4 Å². The minimum absolute atomic E-state index is 0.00551. The Bertz CT molecular complexity index is 3100. The maximum atomic E-state index is 13.6. The van der Waals surface area contributed by atoms with Gasteiger partial charge in [-0.25, -0.2) is 13.2 Å². The lowest BCUT2D eigenvalue weighted by molar-refractivity contribution is -0.136. The van der Waals surface area contributed by atoms with Crippen LogP contribution < -0.4 is 50.0 Å². The summed E-state index contributed by atoms with van der Waals surface area (Å²) in [5, 5.41) is 7.62. The fourth-order valence-electron chi connectivity index (χ4n) is 7.95. The zero-order valence-electron chi connectivity index (χ0n) is 41.6. The summed E-state index contributed by atoms with van der Waals surface area (Å²) in [7, 11) is 1.82.